The van der Waals surface area contributed by atoms with Crippen LogP contribution in [-0.2, 0) is 17.6 Å². The number of carboxylic acid groups (broad SMARTS) is 1. The van der Waals surface area contributed by atoms with E-state index in [2.05, 4.69) is 30.3 Å². The maximum atomic E-state index is 10.8. The van der Waals surface area contributed by atoms with E-state index in [1.807, 2.05) is 42.6 Å². The van der Waals surface area contributed by atoms with E-state index in [9.17, 15) is 4.79 Å². The summed E-state index contributed by atoms with van der Waals surface area (Å²) in [7, 11) is 1.69. The highest BCUT2D eigenvalue weighted by Gasteiger charge is 2.11. The van der Waals surface area contributed by atoms with Gasteiger partial charge in [-0.15, -0.1) is 0 Å². The summed E-state index contributed by atoms with van der Waals surface area (Å²) in [4.78, 5) is 15.6. The number of anilines is 2. The zero-order valence-corrected chi connectivity index (χ0v) is 18.4. The first-order valence-electron chi connectivity index (χ1n) is 10.6. The van der Waals surface area contributed by atoms with Crippen molar-refractivity contribution in [2.24, 2.45) is 0 Å². The summed E-state index contributed by atoms with van der Waals surface area (Å²) in [6, 6.07) is 13.8. The van der Waals surface area contributed by atoms with Gasteiger partial charge in [-0.05, 0) is 54.2 Å². The molecule has 0 spiro atoms. The third-order valence-electron chi connectivity index (χ3n) is 5.54. The lowest BCUT2D eigenvalue weighted by Crippen LogP contribution is -2.00. The van der Waals surface area contributed by atoms with Gasteiger partial charge < -0.3 is 15.2 Å². The fourth-order valence-electron chi connectivity index (χ4n) is 3.88. The molecule has 2 aromatic carbocycles. The first kappa shape index (κ1) is 21.4. The molecule has 32 heavy (non-hydrogen) atoms. The number of aliphatic carboxylic acids is 1. The number of rotatable bonds is 8. The minimum Gasteiger partial charge on any atom is -0.496 e. The number of ether oxygens (including phenoxy) is 1. The minimum absolute atomic E-state index is 0.121. The van der Waals surface area contributed by atoms with Gasteiger partial charge in [-0.25, -0.2) is 9.50 Å². The van der Waals surface area contributed by atoms with Crippen molar-refractivity contribution in [3.8, 4) is 16.9 Å². The number of nitrogens with one attached hydrogen (secondary N) is 1. The monoisotopic (exact) mass is 430 g/mol. The first-order valence-corrected chi connectivity index (χ1v) is 10.6. The Balaban J connectivity index is 1.62. The van der Waals surface area contributed by atoms with E-state index in [-0.39, 0.29) is 6.42 Å². The molecule has 2 heterocycles. The fraction of sp³-hybridized carbons (Fsp3) is 0.240. The lowest BCUT2D eigenvalue weighted by Gasteiger charge is -2.14. The summed E-state index contributed by atoms with van der Waals surface area (Å²) >= 11 is 0. The van der Waals surface area contributed by atoms with E-state index in [1.54, 1.807) is 17.8 Å². The van der Waals surface area contributed by atoms with Crippen LogP contribution in [0.2, 0.25) is 0 Å². The van der Waals surface area contributed by atoms with Crippen molar-refractivity contribution in [1.29, 1.82) is 0 Å². The minimum atomic E-state index is -0.793. The van der Waals surface area contributed by atoms with E-state index < -0.39 is 5.97 Å². The maximum absolute atomic E-state index is 10.8. The van der Waals surface area contributed by atoms with Crippen LogP contribution in [0.3, 0.4) is 0 Å². The number of methoxy groups -OCH3 is 1. The van der Waals surface area contributed by atoms with Crippen LogP contribution in [0.25, 0.3) is 16.8 Å². The molecule has 7 heteroatoms. The van der Waals surface area contributed by atoms with Gasteiger partial charge in [-0.1, -0.05) is 31.2 Å². The van der Waals surface area contributed by atoms with Gasteiger partial charge in [0.05, 0.1) is 13.3 Å². The second kappa shape index (κ2) is 9.09. The lowest BCUT2D eigenvalue weighted by atomic mass is 10.0. The smallest absolute Gasteiger partial charge is 0.303 e. The number of nitrogens with zero attached hydrogens (tertiary/aromatic N) is 3. The molecular formula is C25H26N4O3. The molecule has 0 saturated heterocycles. The normalized spacial score (nSPS) is 11.0. The second-order valence-electron chi connectivity index (χ2n) is 7.68. The Morgan fingerprint density at radius 1 is 1.19 bits per heavy atom. The van der Waals surface area contributed by atoms with Crippen molar-refractivity contribution in [3.63, 3.8) is 0 Å². The van der Waals surface area contributed by atoms with Crippen molar-refractivity contribution in [1.82, 2.24) is 14.6 Å². The Kier molecular flexibility index (Phi) is 6.07. The zero-order valence-electron chi connectivity index (χ0n) is 18.4. The number of carbonyl (C=O) groups is 1. The average Bonchev–Trinajstić information content (AvgIpc) is 3.21. The highest BCUT2D eigenvalue weighted by atomic mass is 16.5. The van der Waals surface area contributed by atoms with Crippen LogP contribution in [0, 0.1) is 6.92 Å². The standard InChI is InChI=1S/C25H26N4O3/c1-4-20-16(2)13-19(14-22(20)32-3)27-23-11-12-29-25(28-23)21(15-26-29)18-8-5-17(6-9-18)7-10-24(30)31/h5-6,8-9,11-15H,4,7,10H2,1-3H3,(H,27,28)(H,30,31). The van der Waals surface area contributed by atoms with Crippen molar-refractivity contribution in [2.45, 2.75) is 33.1 Å². The SMILES string of the molecule is CCc1c(C)cc(Nc2ccn3ncc(-c4ccc(CCC(=O)O)cc4)c3n2)cc1OC. The van der Waals surface area contributed by atoms with Crippen LogP contribution >= 0.6 is 0 Å². The quantitative estimate of drug-likeness (QED) is 0.407. The molecule has 0 fully saturated rings. The molecule has 0 amide bonds. The van der Waals surface area contributed by atoms with E-state index >= 15 is 0 Å². The van der Waals surface area contributed by atoms with Gasteiger partial charge in [-0.3, -0.25) is 4.79 Å². The van der Waals surface area contributed by atoms with Gasteiger partial charge in [0.25, 0.3) is 0 Å². The molecule has 0 aliphatic rings. The number of hydrogen-bond acceptors (Lipinski definition) is 5. The number of aromatic nitrogens is 3. The summed E-state index contributed by atoms with van der Waals surface area (Å²) in [5.41, 5.74) is 6.90. The number of fused-ring (bicyclic) bond motifs is 1. The maximum Gasteiger partial charge on any atom is 0.303 e. The van der Waals surface area contributed by atoms with Gasteiger partial charge in [0, 0.05) is 29.9 Å². The molecule has 7 nitrogen and oxygen atoms in total. The molecule has 0 aliphatic heterocycles. The lowest BCUT2D eigenvalue weighted by molar-refractivity contribution is -0.136. The Hall–Kier alpha value is -3.87. The third-order valence-corrected chi connectivity index (χ3v) is 5.54. The summed E-state index contributed by atoms with van der Waals surface area (Å²) in [6.07, 6.45) is 5.21. The van der Waals surface area contributed by atoms with Crippen LogP contribution in [0.4, 0.5) is 11.5 Å². The van der Waals surface area contributed by atoms with Crippen molar-refractivity contribution >= 4 is 23.1 Å². The topological polar surface area (TPSA) is 88.8 Å². The zero-order chi connectivity index (χ0) is 22.7. The van der Waals surface area contributed by atoms with Gasteiger partial charge in [-0.2, -0.15) is 5.10 Å². The van der Waals surface area contributed by atoms with Gasteiger partial charge in [0.1, 0.15) is 11.6 Å². The molecule has 0 bridgehead atoms. The summed E-state index contributed by atoms with van der Waals surface area (Å²) in [5.74, 6) is 0.783. The molecule has 0 unspecified atom stereocenters. The number of hydrogen-bond donors (Lipinski definition) is 2. The molecule has 2 aromatic heterocycles. The molecule has 0 saturated carbocycles. The van der Waals surface area contributed by atoms with Crippen LogP contribution < -0.4 is 10.1 Å². The number of benzene rings is 2. The molecule has 4 aromatic rings. The Morgan fingerprint density at radius 3 is 2.66 bits per heavy atom. The van der Waals surface area contributed by atoms with E-state index in [0.717, 1.165) is 40.2 Å². The van der Waals surface area contributed by atoms with E-state index in [0.29, 0.717) is 12.2 Å². The highest BCUT2D eigenvalue weighted by molar-refractivity contribution is 5.78. The predicted molar refractivity (Wildman–Crippen MR) is 125 cm³/mol. The van der Waals surface area contributed by atoms with Crippen molar-refractivity contribution < 1.29 is 14.6 Å². The average molecular weight is 431 g/mol. The molecular weight excluding hydrogens is 404 g/mol. The Labute approximate surface area is 186 Å². The number of carboxylic acids is 1. The molecule has 0 atom stereocenters. The van der Waals surface area contributed by atoms with Gasteiger partial charge in [0.15, 0.2) is 5.65 Å². The first-order chi connectivity index (χ1) is 15.5. The molecule has 2 N–H and O–H groups in total. The Bertz CT molecular complexity index is 1260. The molecule has 0 aliphatic carbocycles. The van der Waals surface area contributed by atoms with Crippen LogP contribution in [0.15, 0.2) is 54.9 Å². The predicted octanol–water partition coefficient (Wildman–Crippen LogP) is 5.04. The highest BCUT2D eigenvalue weighted by Crippen LogP contribution is 2.30. The van der Waals surface area contributed by atoms with Crippen molar-refractivity contribution in [3.05, 3.63) is 71.5 Å². The summed E-state index contributed by atoms with van der Waals surface area (Å²) in [5, 5.41) is 16.7. The fourth-order valence-corrected chi connectivity index (χ4v) is 3.88. The third kappa shape index (κ3) is 4.42. The van der Waals surface area contributed by atoms with Crippen LogP contribution in [0.5, 0.6) is 5.75 Å². The van der Waals surface area contributed by atoms with Gasteiger partial charge in [0.2, 0.25) is 0 Å². The van der Waals surface area contributed by atoms with E-state index in [4.69, 9.17) is 14.8 Å². The second-order valence-corrected chi connectivity index (χ2v) is 7.68. The summed E-state index contributed by atoms with van der Waals surface area (Å²) < 4.78 is 7.30. The Morgan fingerprint density at radius 2 is 1.97 bits per heavy atom. The largest absolute Gasteiger partial charge is 0.496 e. The van der Waals surface area contributed by atoms with Crippen molar-refractivity contribution in [2.75, 3.05) is 12.4 Å². The van der Waals surface area contributed by atoms with E-state index in [1.165, 1.54) is 11.1 Å². The van der Waals surface area contributed by atoms with Gasteiger partial charge >= 0.3 is 5.97 Å². The summed E-state index contributed by atoms with van der Waals surface area (Å²) in [6.45, 7) is 4.20. The molecule has 4 rings (SSSR count). The molecule has 0 radical (unpaired) electrons. The van der Waals surface area contributed by atoms with Crippen LogP contribution in [-0.4, -0.2) is 32.8 Å². The number of aryl methyl sites for hydroxylation is 2. The van der Waals surface area contributed by atoms with Crippen LogP contribution in [0.1, 0.15) is 30.0 Å². The molecule has 164 valence electrons.